The number of benzene rings is 2. The first-order valence-corrected chi connectivity index (χ1v) is 5.19. The molecule has 0 fully saturated rings. The molecule has 0 bridgehead atoms. The van der Waals surface area contributed by atoms with Crippen LogP contribution in [0, 0.1) is 6.07 Å². The standard InChI is InChI=1S/C11H6Cl3/c12-11(13,14)10-7-3-5-8-4-1-2-6-9(8)10/h1-4,6-7H. The number of halogens is 3. The predicted octanol–water partition coefficient (Wildman–Crippen LogP) is 4.47. The van der Waals surface area contributed by atoms with E-state index >= 15 is 0 Å². The molecule has 0 N–H and O–H groups in total. The van der Waals surface area contributed by atoms with Crippen molar-refractivity contribution in [1.82, 2.24) is 0 Å². The van der Waals surface area contributed by atoms with Crippen LogP contribution < -0.4 is 0 Å². The van der Waals surface area contributed by atoms with Crippen LogP contribution >= 0.6 is 34.8 Å². The molecule has 0 aliphatic carbocycles. The normalized spacial score (nSPS) is 11.9. The molecule has 14 heavy (non-hydrogen) atoms. The molecular weight excluding hydrogens is 238 g/mol. The lowest BCUT2D eigenvalue weighted by Crippen LogP contribution is -2.00. The van der Waals surface area contributed by atoms with E-state index in [-0.39, 0.29) is 0 Å². The third kappa shape index (κ3) is 1.83. The molecule has 0 saturated carbocycles. The van der Waals surface area contributed by atoms with Gasteiger partial charge in [0.15, 0.2) is 0 Å². The van der Waals surface area contributed by atoms with Gasteiger partial charge in [0.1, 0.15) is 0 Å². The summed E-state index contributed by atoms with van der Waals surface area (Å²) in [7, 11) is 0. The summed E-state index contributed by atoms with van der Waals surface area (Å²) in [6, 6.07) is 14.3. The minimum absolute atomic E-state index is 0.692. The second-order valence-corrected chi connectivity index (χ2v) is 5.22. The van der Waals surface area contributed by atoms with Gasteiger partial charge in [0, 0.05) is 5.56 Å². The van der Waals surface area contributed by atoms with E-state index in [0.29, 0.717) is 5.56 Å². The molecule has 0 aromatic heterocycles. The zero-order valence-corrected chi connectivity index (χ0v) is 9.37. The van der Waals surface area contributed by atoms with E-state index in [1.54, 1.807) is 12.1 Å². The predicted molar refractivity (Wildman–Crippen MR) is 62.0 cm³/mol. The van der Waals surface area contributed by atoms with Crippen LogP contribution in [0.1, 0.15) is 5.56 Å². The van der Waals surface area contributed by atoms with Crippen molar-refractivity contribution in [1.29, 1.82) is 0 Å². The SMILES string of the molecule is ClC(Cl)(Cl)c1cc[c]c2ccccc12. The van der Waals surface area contributed by atoms with Crippen molar-refractivity contribution < 1.29 is 0 Å². The minimum atomic E-state index is -1.38. The molecule has 2 aromatic rings. The van der Waals surface area contributed by atoms with Crippen molar-refractivity contribution >= 4 is 45.6 Å². The van der Waals surface area contributed by atoms with Crippen LogP contribution in [0.2, 0.25) is 0 Å². The van der Waals surface area contributed by atoms with Crippen LogP contribution in [0.3, 0.4) is 0 Å². The Hall–Kier alpha value is -0.430. The molecule has 2 aromatic carbocycles. The van der Waals surface area contributed by atoms with E-state index in [2.05, 4.69) is 6.07 Å². The van der Waals surface area contributed by atoms with Gasteiger partial charge in [0.05, 0.1) is 0 Å². The molecular formula is C11H6Cl3. The van der Waals surface area contributed by atoms with Crippen LogP contribution in [0.25, 0.3) is 10.8 Å². The molecule has 0 spiro atoms. The van der Waals surface area contributed by atoms with Gasteiger partial charge in [-0.1, -0.05) is 71.2 Å². The Labute approximate surface area is 97.4 Å². The highest BCUT2D eigenvalue weighted by Gasteiger charge is 2.24. The average Bonchev–Trinajstić information content (AvgIpc) is 2.15. The Morgan fingerprint density at radius 1 is 1.00 bits per heavy atom. The van der Waals surface area contributed by atoms with Crippen LogP contribution in [0.15, 0.2) is 36.4 Å². The van der Waals surface area contributed by atoms with Crippen molar-refractivity contribution in [3.05, 3.63) is 48.0 Å². The van der Waals surface area contributed by atoms with E-state index in [1.807, 2.05) is 24.3 Å². The van der Waals surface area contributed by atoms with E-state index in [1.165, 1.54) is 0 Å². The van der Waals surface area contributed by atoms with Gasteiger partial charge in [0.2, 0.25) is 3.79 Å². The summed E-state index contributed by atoms with van der Waals surface area (Å²) in [6.45, 7) is 0. The molecule has 0 saturated heterocycles. The zero-order chi connectivity index (χ0) is 10.2. The largest absolute Gasteiger partial charge is 0.216 e. The highest BCUT2D eigenvalue weighted by molar-refractivity contribution is 6.67. The summed E-state index contributed by atoms with van der Waals surface area (Å²) in [5.74, 6) is 0. The lowest BCUT2D eigenvalue weighted by molar-refractivity contribution is 1.27. The molecule has 0 nitrogen and oxygen atoms in total. The highest BCUT2D eigenvalue weighted by Crippen LogP contribution is 2.41. The Morgan fingerprint density at radius 3 is 2.43 bits per heavy atom. The quantitative estimate of drug-likeness (QED) is 0.600. The summed E-state index contributed by atoms with van der Waals surface area (Å²) in [4.78, 5) is 0. The van der Waals surface area contributed by atoms with Crippen molar-refractivity contribution in [3.63, 3.8) is 0 Å². The zero-order valence-electron chi connectivity index (χ0n) is 7.10. The van der Waals surface area contributed by atoms with E-state index in [0.717, 1.165) is 10.8 Å². The van der Waals surface area contributed by atoms with Crippen molar-refractivity contribution in [2.75, 3.05) is 0 Å². The summed E-state index contributed by atoms with van der Waals surface area (Å²) >= 11 is 17.6. The molecule has 3 heteroatoms. The van der Waals surface area contributed by atoms with Gasteiger partial charge in [-0.05, 0) is 16.8 Å². The van der Waals surface area contributed by atoms with Gasteiger partial charge >= 0.3 is 0 Å². The molecule has 71 valence electrons. The van der Waals surface area contributed by atoms with E-state index in [9.17, 15) is 0 Å². The van der Waals surface area contributed by atoms with Crippen molar-refractivity contribution in [2.24, 2.45) is 0 Å². The Kier molecular flexibility index (Phi) is 2.61. The van der Waals surface area contributed by atoms with Gasteiger partial charge in [-0.25, -0.2) is 0 Å². The number of hydrogen-bond acceptors (Lipinski definition) is 0. The highest BCUT2D eigenvalue weighted by atomic mass is 35.6. The van der Waals surface area contributed by atoms with Crippen LogP contribution in [-0.4, -0.2) is 0 Å². The van der Waals surface area contributed by atoms with Gasteiger partial charge in [-0.3, -0.25) is 0 Å². The van der Waals surface area contributed by atoms with Crippen LogP contribution in [0.4, 0.5) is 0 Å². The molecule has 0 unspecified atom stereocenters. The number of fused-ring (bicyclic) bond motifs is 1. The third-order valence-electron chi connectivity index (χ3n) is 2.01. The number of rotatable bonds is 0. The molecule has 1 radical (unpaired) electrons. The average molecular weight is 245 g/mol. The Balaban J connectivity index is 2.78. The maximum atomic E-state index is 5.85. The Morgan fingerprint density at radius 2 is 1.71 bits per heavy atom. The summed E-state index contributed by atoms with van der Waals surface area (Å²) < 4.78 is -1.38. The molecule has 0 aliphatic heterocycles. The molecule has 2 rings (SSSR count). The first-order valence-electron chi connectivity index (χ1n) is 4.05. The molecule has 0 heterocycles. The van der Waals surface area contributed by atoms with E-state index < -0.39 is 3.79 Å². The smallest absolute Gasteiger partial charge is 0.0784 e. The third-order valence-corrected chi connectivity index (χ3v) is 2.62. The summed E-state index contributed by atoms with van der Waals surface area (Å²) in [6.07, 6.45) is 0. The second-order valence-electron chi connectivity index (χ2n) is 2.93. The fourth-order valence-electron chi connectivity index (χ4n) is 1.40. The Bertz CT molecular complexity index is 452. The fraction of sp³-hybridized carbons (Fsp3) is 0.0909. The number of alkyl halides is 3. The van der Waals surface area contributed by atoms with Gasteiger partial charge in [-0.15, -0.1) is 0 Å². The fourth-order valence-corrected chi connectivity index (χ4v) is 1.89. The maximum absolute atomic E-state index is 5.85. The van der Waals surface area contributed by atoms with E-state index in [4.69, 9.17) is 34.8 Å². The topological polar surface area (TPSA) is 0 Å². The second kappa shape index (κ2) is 3.62. The molecule has 0 atom stereocenters. The lowest BCUT2D eigenvalue weighted by atomic mass is 10.1. The molecule has 0 aliphatic rings. The van der Waals surface area contributed by atoms with Crippen LogP contribution in [0.5, 0.6) is 0 Å². The summed E-state index contributed by atoms with van der Waals surface area (Å²) in [5, 5.41) is 1.88. The van der Waals surface area contributed by atoms with Gasteiger partial charge in [0.25, 0.3) is 0 Å². The number of hydrogen-bond donors (Lipinski definition) is 0. The maximum Gasteiger partial charge on any atom is 0.216 e. The monoisotopic (exact) mass is 243 g/mol. The van der Waals surface area contributed by atoms with Crippen LogP contribution in [-0.2, 0) is 3.79 Å². The lowest BCUT2D eigenvalue weighted by Gasteiger charge is -2.13. The first-order chi connectivity index (χ1) is 6.59. The summed E-state index contributed by atoms with van der Waals surface area (Å²) in [5.41, 5.74) is 0.692. The first kappa shape index (κ1) is 10.1. The molecule has 0 amide bonds. The van der Waals surface area contributed by atoms with Gasteiger partial charge < -0.3 is 0 Å². The minimum Gasteiger partial charge on any atom is -0.0784 e. The van der Waals surface area contributed by atoms with Gasteiger partial charge in [-0.2, -0.15) is 0 Å². The van der Waals surface area contributed by atoms with Crippen molar-refractivity contribution in [3.8, 4) is 0 Å². The van der Waals surface area contributed by atoms with Crippen molar-refractivity contribution in [2.45, 2.75) is 3.79 Å².